The zero-order valence-electron chi connectivity index (χ0n) is 19.8. The van der Waals surface area contributed by atoms with Gasteiger partial charge in [-0.05, 0) is 49.2 Å². The van der Waals surface area contributed by atoms with Crippen LogP contribution in [-0.4, -0.2) is 51.0 Å². The van der Waals surface area contributed by atoms with Gasteiger partial charge in [0.05, 0.1) is 11.3 Å². The molecule has 35 heavy (non-hydrogen) atoms. The molecule has 0 unspecified atom stereocenters. The average Bonchev–Trinajstić information content (AvgIpc) is 2.89. The first-order valence-corrected chi connectivity index (χ1v) is 11.4. The van der Waals surface area contributed by atoms with Crippen LogP contribution in [0.4, 0.5) is 4.79 Å². The van der Waals surface area contributed by atoms with E-state index in [0.717, 1.165) is 16.9 Å². The predicted octanol–water partition coefficient (Wildman–Crippen LogP) is 4.69. The molecular weight excluding hydrogens is 448 g/mol. The summed E-state index contributed by atoms with van der Waals surface area (Å²) in [7, 11) is 0. The second-order valence-electron chi connectivity index (χ2n) is 8.26. The Labute approximate surface area is 204 Å². The van der Waals surface area contributed by atoms with Crippen LogP contribution < -0.4 is 14.3 Å². The highest BCUT2D eigenvalue weighted by atomic mass is 16.6. The summed E-state index contributed by atoms with van der Waals surface area (Å²) in [5.74, 6) is 1.49. The summed E-state index contributed by atoms with van der Waals surface area (Å²) in [4.78, 5) is 26.5. The largest absolute Gasteiger partial charge is 0.489 e. The van der Waals surface area contributed by atoms with E-state index in [1.165, 1.54) is 11.2 Å². The van der Waals surface area contributed by atoms with Crippen LogP contribution in [0.15, 0.2) is 66.1 Å². The van der Waals surface area contributed by atoms with Crippen LogP contribution in [0.3, 0.4) is 0 Å². The molecule has 9 nitrogen and oxygen atoms in total. The summed E-state index contributed by atoms with van der Waals surface area (Å²) < 4.78 is 11.8. The van der Waals surface area contributed by atoms with Crippen LogP contribution in [0.2, 0.25) is 0 Å². The van der Waals surface area contributed by atoms with E-state index in [4.69, 9.17) is 19.4 Å². The van der Waals surface area contributed by atoms with Gasteiger partial charge in [0.15, 0.2) is 0 Å². The summed E-state index contributed by atoms with van der Waals surface area (Å²) in [6.07, 6.45) is 1.57. The number of rotatable bonds is 8. The Morgan fingerprint density at radius 3 is 2.43 bits per heavy atom. The second kappa shape index (κ2) is 11.3. The number of ether oxygens (including phenoxy) is 2. The van der Waals surface area contributed by atoms with Crippen molar-refractivity contribution in [2.45, 2.75) is 39.4 Å². The molecule has 2 aromatic carbocycles. The molecule has 0 atom stereocenters. The molecular formula is C26H28N4O5. The van der Waals surface area contributed by atoms with Crippen molar-refractivity contribution in [2.24, 2.45) is 5.16 Å². The quantitative estimate of drug-likeness (QED) is 0.371. The predicted molar refractivity (Wildman–Crippen MR) is 130 cm³/mol. The van der Waals surface area contributed by atoms with Crippen molar-refractivity contribution < 1.29 is 24.2 Å². The van der Waals surface area contributed by atoms with Crippen molar-refractivity contribution in [1.29, 1.82) is 0 Å². The minimum atomic E-state index is -0.903. The fraction of sp³-hybridized carbons (Fsp3) is 0.308. The van der Waals surface area contributed by atoms with Crippen LogP contribution in [0.5, 0.6) is 17.5 Å². The molecule has 3 aromatic rings. The normalized spacial score (nSPS) is 14.5. The number of hydrogen-bond acceptors (Lipinski definition) is 7. The van der Waals surface area contributed by atoms with Gasteiger partial charge in [-0.3, -0.25) is 0 Å². The first-order chi connectivity index (χ1) is 17.0. The van der Waals surface area contributed by atoms with E-state index < -0.39 is 6.09 Å². The number of benzene rings is 2. The third-order valence-electron chi connectivity index (χ3n) is 5.77. The van der Waals surface area contributed by atoms with E-state index >= 15 is 0 Å². The second-order valence-corrected chi connectivity index (χ2v) is 8.26. The zero-order valence-corrected chi connectivity index (χ0v) is 19.8. The number of amides is 1. The van der Waals surface area contributed by atoms with Gasteiger partial charge in [0.1, 0.15) is 24.8 Å². The lowest BCUT2D eigenvalue weighted by Crippen LogP contribution is -2.41. The maximum absolute atomic E-state index is 11.1. The molecule has 1 aliphatic heterocycles. The molecule has 0 spiro atoms. The topological polar surface area (TPSA) is 106 Å². The van der Waals surface area contributed by atoms with Crippen molar-refractivity contribution in [2.75, 3.05) is 13.1 Å². The Bertz CT molecular complexity index is 1160. The van der Waals surface area contributed by atoms with Crippen molar-refractivity contribution in [3.8, 4) is 17.5 Å². The Balaban J connectivity index is 1.34. The average molecular weight is 477 g/mol. The number of piperidine rings is 1. The lowest BCUT2D eigenvalue weighted by Gasteiger charge is -2.30. The van der Waals surface area contributed by atoms with E-state index in [1.807, 2.05) is 61.5 Å². The summed E-state index contributed by atoms with van der Waals surface area (Å²) in [6, 6.07) is 17.6. The number of carbonyl (C=O) groups is 1. The van der Waals surface area contributed by atoms with E-state index in [-0.39, 0.29) is 6.10 Å². The molecule has 1 saturated heterocycles. The molecule has 1 amide bonds. The minimum absolute atomic E-state index is 0.111. The zero-order chi connectivity index (χ0) is 24.6. The number of oxime groups is 1. The van der Waals surface area contributed by atoms with Gasteiger partial charge in [-0.2, -0.15) is 4.98 Å². The van der Waals surface area contributed by atoms with Crippen LogP contribution >= 0.6 is 0 Å². The van der Waals surface area contributed by atoms with Crippen LogP contribution in [0.25, 0.3) is 0 Å². The maximum Gasteiger partial charge on any atom is 0.407 e. The molecule has 1 aromatic heterocycles. The van der Waals surface area contributed by atoms with Gasteiger partial charge in [-0.1, -0.05) is 35.5 Å². The molecule has 1 fully saturated rings. The molecule has 0 radical (unpaired) electrons. The van der Waals surface area contributed by atoms with E-state index in [9.17, 15) is 4.79 Å². The molecule has 1 aliphatic rings. The number of hydrogen-bond donors (Lipinski definition) is 1. The van der Waals surface area contributed by atoms with Gasteiger partial charge in [0.25, 0.3) is 5.88 Å². The first kappa shape index (κ1) is 24.0. The van der Waals surface area contributed by atoms with Gasteiger partial charge in [0, 0.05) is 25.9 Å². The summed E-state index contributed by atoms with van der Waals surface area (Å²) in [5.41, 5.74) is 3.32. The summed E-state index contributed by atoms with van der Waals surface area (Å²) >= 11 is 0. The Morgan fingerprint density at radius 2 is 1.74 bits per heavy atom. The standard InChI is InChI=1S/C26H28N4O5/c1-18-24(34-23-12-14-30(15-13-23)26(31)32)27-17-28-25(18)35-29-19(2)21-8-10-22(11-9-21)33-16-20-6-4-3-5-7-20/h3-11,17,23H,12-16H2,1-2H3,(H,31,32)/b29-19-. The Kier molecular flexibility index (Phi) is 7.77. The number of nitrogens with zero attached hydrogens (tertiary/aromatic N) is 4. The molecule has 2 heterocycles. The molecule has 0 bridgehead atoms. The number of likely N-dealkylation sites (tertiary alicyclic amines) is 1. The SMILES string of the molecule is C/C(=N/Oc1ncnc(OC2CCN(C(=O)O)CC2)c1C)c1ccc(OCc2ccccc2)cc1. The summed E-state index contributed by atoms with van der Waals surface area (Å²) in [6.45, 7) is 5.04. The molecule has 4 rings (SSSR count). The van der Waals surface area contributed by atoms with Gasteiger partial charge in [-0.25, -0.2) is 9.78 Å². The molecule has 1 N–H and O–H groups in total. The highest BCUT2D eigenvalue weighted by Gasteiger charge is 2.24. The van der Waals surface area contributed by atoms with Gasteiger partial charge >= 0.3 is 6.09 Å². The molecule has 0 saturated carbocycles. The Morgan fingerprint density at radius 1 is 1.06 bits per heavy atom. The molecule has 182 valence electrons. The van der Waals surface area contributed by atoms with Crippen LogP contribution in [0.1, 0.15) is 36.5 Å². The third kappa shape index (κ3) is 6.47. The van der Waals surface area contributed by atoms with E-state index in [1.54, 1.807) is 6.92 Å². The summed E-state index contributed by atoms with van der Waals surface area (Å²) in [5, 5.41) is 13.3. The minimum Gasteiger partial charge on any atom is -0.489 e. The van der Waals surface area contributed by atoms with Gasteiger partial charge < -0.3 is 24.3 Å². The number of carboxylic acid groups (broad SMARTS) is 1. The van der Waals surface area contributed by atoms with Crippen molar-refractivity contribution in [3.63, 3.8) is 0 Å². The third-order valence-corrected chi connectivity index (χ3v) is 5.77. The Hall–Kier alpha value is -4.14. The van der Waals surface area contributed by atoms with Crippen LogP contribution in [-0.2, 0) is 6.61 Å². The number of aromatic nitrogens is 2. The van der Waals surface area contributed by atoms with Crippen LogP contribution in [0, 0.1) is 6.92 Å². The van der Waals surface area contributed by atoms with E-state index in [0.29, 0.717) is 55.6 Å². The lowest BCUT2D eigenvalue weighted by molar-refractivity contribution is 0.0863. The van der Waals surface area contributed by atoms with Crippen molar-refractivity contribution >= 4 is 11.8 Å². The maximum atomic E-state index is 11.1. The van der Waals surface area contributed by atoms with Gasteiger partial charge in [0.2, 0.25) is 5.88 Å². The van der Waals surface area contributed by atoms with E-state index in [2.05, 4.69) is 15.1 Å². The van der Waals surface area contributed by atoms with Crippen molar-refractivity contribution in [3.05, 3.63) is 77.6 Å². The van der Waals surface area contributed by atoms with Gasteiger partial charge in [-0.15, -0.1) is 0 Å². The fourth-order valence-corrected chi connectivity index (χ4v) is 3.65. The fourth-order valence-electron chi connectivity index (χ4n) is 3.65. The highest BCUT2D eigenvalue weighted by molar-refractivity contribution is 5.98. The monoisotopic (exact) mass is 476 g/mol. The van der Waals surface area contributed by atoms with Crippen molar-refractivity contribution in [1.82, 2.24) is 14.9 Å². The highest BCUT2D eigenvalue weighted by Crippen LogP contribution is 2.26. The molecule has 9 heteroatoms. The molecule has 0 aliphatic carbocycles. The lowest BCUT2D eigenvalue weighted by atomic mass is 10.1. The smallest absolute Gasteiger partial charge is 0.407 e. The first-order valence-electron chi connectivity index (χ1n) is 11.4.